The molecule has 1 aromatic heterocycles. The Morgan fingerprint density at radius 3 is 3.15 bits per heavy atom. The zero-order valence-electron chi connectivity index (χ0n) is 6.97. The third-order valence-electron chi connectivity index (χ3n) is 1.26. The van der Waals surface area contributed by atoms with E-state index in [1.807, 2.05) is 0 Å². The van der Waals surface area contributed by atoms with Crippen LogP contribution in [0.1, 0.15) is 10.5 Å². The molecule has 1 amide bonds. The number of nitrogens with one attached hydrogen (secondary N) is 1. The monoisotopic (exact) mass is 178 g/mol. The first-order valence-electron chi connectivity index (χ1n) is 3.77. The minimum Gasteiger partial charge on any atom is -0.326 e. The smallest absolute Gasteiger partial charge is 0.289 e. The molecule has 0 saturated heterocycles. The fourth-order valence-electron chi connectivity index (χ4n) is 0.711. The predicted octanol–water partition coefficient (Wildman–Crippen LogP) is -0.244. The second-order valence-electron chi connectivity index (χ2n) is 2.20. The molecular weight excluding hydrogens is 168 g/mol. The van der Waals surface area contributed by atoms with E-state index in [2.05, 4.69) is 15.5 Å². The average molecular weight is 178 g/mol. The van der Waals surface area contributed by atoms with E-state index in [0.717, 1.165) is 0 Å². The maximum atomic E-state index is 11.2. The summed E-state index contributed by atoms with van der Waals surface area (Å²) >= 11 is 0. The number of nitrogens with two attached hydrogens (primary N) is 1. The van der Waals surface area contributed by atoms with Crippen LogP contribution in [-0.4, -0.2) is 23.7 Å². The number of nitrogens with zero attached hydrogens (tertiary/aromatic N) is 2. The highest BCUT2D eigenvalue weighted by atomic mass is 16.2. The van der Waals surface area contributed by atoms with E-state index in [1.54, 1.807) is 24.4 Å². The van der Waals surface area contributed by atoms with Gasteiger partial charge in [-0.05, 0) is 12.1 Å². The summed E-state index contributed by atoms with van der Waals surface area (Å²) in [7, 11) is 0. The average Bonchev–Trinajstić information content (AvgIpc) is 2.19. The van der Waals surface area contributed by atoms with Gasteiger partial charge in [0, 0.05) is 19.0 Å². The van der Waals surface area contributed by atoms with E-state index in [-0.39, 0.29) is 5.91 Å². The number of pyridine rings is 1. The first-order valence-corrected chi connectivity index (χ1v) is 3.77. The SMILES string of the molecule is NCC=NNC(=O)c1ccccn1. The number of carbonyl (C=O) groups excluding carboxylic acids is 1. The van der Waals surface area contributed by atoms with Crippen molar-refractivity contribution in [1.29, 1.82) is 0 Å². The van der Waals surface area contributed by atoms with Gasteiger partial charge in [0.05, 0.1) is 0 Å². The van der Waals surface area contributed by atoms with Crippen LogP contribution >= 0.6 is 0 Å². The number of aromatic nitrogens is 1. The fourth-order valence-corrected chi connectivity index (χ4v) is 0.711. The van der Waals surface area contributed by atoms with Crippen LogP contribution in [0.25, 0.3) is 0 Å². The van der Waals surface area contributed by atoms with Crippen molar-refractivity contribution in [3.63, 3.8) is 0 Å². The Labute approximate surface area is 75.7 Å². The van der Waals surface area contributed by atoms with E-state index in [4.69, 9.17) is 5.73 Å². The Hall–Kier alpha value is -1.75. The van der Waals surface area contributed by atoms with Gasteiger partial charge >= 0.3 is 0 Å². The number of amides is 1. The lowest BCUT2D eigenvalue weighted by Gasteiger charge is -1.96. The zero-order valence-corrected chi connectivity index (χ0v) is 6.97. The van der Waals surface area contributed by atoms with Gasteiger partial charge < -0.3 is 5.73 Å². The molecule has 1 rings (SSSR count). The summed E-state index contributed by atoms with van der Waals surface area (Å²) in [5.74, 6) is -0.342. The summed E-state index contributed by atoms with van der Waals surface area (Å²) in [6, 6.07) is 5.07. The Bertz CT molecular complexity index is 296. The van der Waals surface area contributed by atoms with Gasteiger partial charge in [0.2, 0.25) is 0 Å². The Morgan fingerprint density at radius 2 is 2.54 bits per heavy atom. The normalized spacial score (nSPS) is 10.2. The Morgan fingerprint density at radius 1 is 1.69 bits per heavy atom. The second-order valence-corrected chi connectivity index (χ2v) is 2.20. The summed E-state index contributed by atoms with van der Waals surface area (Å²) < 4.78 is 0. The molecule has 1 heterocycles. The molecule has 0 spiro atoms. The molecular formula is C8H10N4O. The topological polar surface area (TPSA) is 80.4 Å². The molecule has 13 heavy (non-hydrogen) atoms. The van der Waals surface area contributed by atoms with Crippen molar-refractivity contribution in [2.45, 2.75) is 0 Å². The fraction of sp³-hybridized carbons (Fsp3) is 0.125. The number of hydrogen-bond donors (Lipinski definition) is 2. The molecule has 0 saturated carbocycles. The highest BCUT2D eigenvalue weighted by Crippen LogP contribution is 1.91. The minimum absolute atomic E-state index is 0.294. The Kier molecular flexibility index (Phi) is 3.59. The van der Waals surface area contributed by atoms with Crippen molar-refractivity contribution in [1.82, 2.24) is 10.4 Å². The summed E-state index contributed by atoms with van der Waals surface area (Å²) in [4.78, 5) is 15.0. The number of hydrogen-bond acceptors (Lipinski definition) is 4. The molecule has 0 radical (unpaired) electrons. The van der Waals surface area contributed by atoms with Crippen LogP contribution < -0.4 is 11.2 Å². The van der Waals surface area contributed by atoms with Gasteiger partial charge in [-0.2, -0.15) is 5.10 Å². The predicted molar refractivity (Wildman–Crippen MR) is 49.2 cm³/mol. The lowest BCUT2D eigenvalue weighted by atomic mass is 10.3. The number of hydrazone groups is 1. The highest BCUT2D eigenvalue weighted by Gasteiger charge is 2.02. The molecule has 5 nitrogen and oxygen atoms in total. The standard InChI is InChI=1S/C8H10N4O/c9-4-6-11-12-8(13)7-3-1-2-5-10-7/h1-3,5-6H,4,9H2,(H,12,13). The summed E-state index contributed by atoms with van der Waals surface area (Å²) in [6.07, 6.45) is 2.95. The Balaban J connectivity index is 2.54. The van der Waals surface area contributed by atoms with Gasteiger partial charge in [0.15, 0.2) is 0 Å². The van der Waals surface area contributed by atoms with E-state index in [9.17, 15) is 4.79 Å². The van der Waals surface area contributed by atoms with E-state index in [1.165, 1.54) is 6.21 Å². The third kappa shape index (κ3) is 3.00. The van der Waals surface area contributed by atoms with Crippen molar-refractivity contribution in [3.8, 4) is 0 Å². The molecule has 0 fully saturated rings. The lowest BCUT2D eigenvalue weighted by Crippen LogP contribution is -2.19. The highest BCUT2D eigenvalue weighted by molar-refractivity contribution is 5.92. The summed E-state index contributed by atoms with van der Waals surface area (Å²) in [5, 5.41) is 3.58. The molecule has 68 valence electrons. The van der Waals surface area contributed by atoms with Crippen LogP contribution in [-0.2, 0) is 0 Å². The summed E-state index contributed by atoms with van der Waals surface area (Å²) in [6.45, 7) is 0.294. The van der Waals surface area contributed by atoms with Gasteiger partial charge in [-0.15, -0.1) is 0 Å². The summed E-state index contributed by atoms with van der Waals surface area (Å²) in [5.41, 5.74) is 7.76. The molecule has 0 aliphatic rings. The maximum absolute atomic E-state index is 11.2. The largest absolute Gasteiger partial charge is 0.326 e. The minimum atomic E-state index is -0.342. The van der Waals surface area contributed by atoms with Gasteiger partial charge in [-0.3, -0.25) is 9.78 Å². The van der Waals surface area contributed by atoms with Gasteiger partial charge in [0.25, 0.3) is 5.91 Å². The lowest BCUT2D eigenvalue weighted by molar-refractivity contribution is 0.0950. The van der Waals surface area contributed by atoms with E-state index < -0.39 is 0 Å². The molecule has 0 bridgehead atoms. The second kappa shape index (κ2) is 5.00. The van der Waals surface area contributed by atoms with Crippen LogP contribution in [0.15, 0.2) is 29.5 Å². The number of carbonyl (C=O) groups is 1. The van der Waals surface area contributed by atoms with Crippen LogP contribution in [0.3, 0.4) is 0 Å². The van der Waals surface area contributed by atoms with Crippen LogP contribution in [0.4, 0.5) is 0 Å². The molecule has 0 aliphatic heterocycles. The van der Waals surface area contributed by atoms with Crippen molar-refractivity contribution in [2.24, 2.45) is 10.8 Å². The van der Waals surface area contributed by atoms with Crippen LogP contribution in [0, 0.1) is 0 Å². The van der Waals surface area contributed by atoms with Crippen molar-refractivity contribution < 1.29 is 4.79 Å². The van der Waals surface area contributed by atoms with Crippen molar-refractivity contribution >= 4 is 12.1 Å². The number of rotatable bonds is 3. The first-order chi connectivity index (χ1) is 6.34. The van der Waals surface area contributed by atoms with E-state index >= 15 is 0 Å². The molecule has 5 heteroatoms. The van der Waals surface area contributed by atoms with Gasteiger partial charge in [-0.25, -0.2) is 5.43 Å². The quantitative estimate of drug-likeness (QED) is 0.495. The molecule has 3 N–H and O–H groups in total. The molecule has 1 aromatic rings. The first kappa shape index (κ1) is 9.34. The third-order valence-corrected chi connectivity index (χ3v) is 1.26. The zero-order chi connectivity index (χ0) is 9.52. The van der Waals surface area contributed by atoms with Crippen LogP contribution in [0.5, 0.6) is 0 Å². The van der Waals surface area contributed by atoms with Gasteiger partial charge in [0.1, 0.15) is 5.69 Å². The van der Waals surface area contributed by atoms with E-state index in [0.29, 0.717) is 12.2 Å². The van der Waals surface area contributed by atoms with Crippen molar-refractivity contribution in [3.05, 3.63) is 30.1 Å². The van der Waals surface area contributed by atoms with Crippen molar-refractivity contribution in [2.75, 3.05) is 6.54 Å². The molecule has 0 aromatic carbocycles. The van der Waals surface area contributed by atoms with Crippen LogP contribution in [0.2, 0.25) is 0 Å². The molecule has 0 atom stereocenters. The molecule has 0 unspecified atom stereocenters. The van der Waals surface area contributed by atoms with Gasteiger partial charge in [-0.1, -0.05) is 6.07 Å². The molecule has 0 aliphatic carbocycles. The maximum Gasteiger partial charge on any atom is 0.289 e.